The molecule has 3 atom stereocenters. The SMILES string of the molecule is Cc1nn(C)c(NC2CCC(C)C(C)C2)c1N. The minimum Gasteiger partial charge on any atom is -0.394 e. The molecule has 96 valence electrons. The summed E-state index contributed by atoms with van der Waals surface area (Å²) < 4.78 is 1.85. The Morgan fingerprint density at radius 2 is 2.00 bits per heavy atom. The van der Waals surface area contributed by atoms with Crippen molar-refractivity contribution >= 4 is 11.5 Å². The molecule has 1 aliphatic carbocycles. The average molecular weight is 236 g/mol. The predicted molar refractivity (Wildman–Crippen MR) is 71.9 cm³/mol. The fraction of sp³-hybridized carbons (Fsp3) is 0.769. The Hall–Kier alpha value is -1.19. The molecule has 4 heteroatoms. The third kappa shape index (κ3) is 2.40. The minimum absolute atomic E-state index is 0.540. The van der Waals surface area contributed by atoms with E-state index >= 15 is 0 Å². The van der Waals surface area contributed by atoms with E-state index in [-0.39, 0.29) is 0 Å². The molecule has 3 unspecified atom stereocenters. The van der Waals surface area contributed by atoms with Crippen LogP contribution in [0.1, 0.15) is 38.8 Å². The number of nitrogens with two attached hydrogens (primary N) is 1. The quantitative estimate of drug-likeness (QED) is 0.829. The van der Waals surface area contributed by atoms with E-state index < -0.39 is 0 Å². The number of hydrogen-bond acceptors (Lipinski definition) is 3. The molecule has 0 aliphatic heterocycles. The largest absolute Gasteiger partial charge is 0.394 e. The fourth-order valence-electron chi connectivity index (χ4n) is 2.72. The van der Waals surface area contributed by atoms with Crippen molar-refractivity contribution in [2.24, 2.45) is 18.9 Å². The molecule has 0 saturated heterocycles. The molecule has 0 spiro atoms. The van der Waals surface area contributed by atoms with E-state index in [0.717, 1.165) is 29.0 Å². The van der Waals surface area contributed by atoms with Crippen LogP contribution < -0.4 is 11.1 Å². The van der Waals surface area contributed by atoms with Crippen molar-refractivity contribution in [1.29, 1.82) is 0 Å². The van der Waals surface area contributed by atoms with Gasteiger partial charge in [0.25, 0.3) is 0 Å². The number of nitrogens with one attached hydrogen (secondary N) is 1. The topological polar surface area (TPSA) is 55.9 Å². The van der Waals surface area contributed by atoms with Gasteiger partial charge in [-0.05, 0) is 38.0 Å². The van der Waals surface area contributed by atoms with Gasteiger partial charge in [-0.1, -0.05) is 13.8 Å². The lowest BCUT2D eigenvalue weighted by Crippen LogP contribution is -2.31. The summed E-state index contributed by atoms with van der Waals surface area (Å²) in [7, 11) is 1.95. The van der Waals surface area contributed by atoms with Crippen LogP contribution >= 0.6 is 0 Å². The average Bonchev–Trinajstić information content (AvgIpc) is 2.50. The highest BCUT2D eigenvalue weighted by molar-refractivity contribution is 5.64. The molecule has 1 aromatic rings. The summed E-state index contributed by atoms with van der Waals surface area (Å²) in [6.45, 7) is 6.64. The molecule has 1 fully saturated rings. The zero-order chi connectivity index (χ0) is 12.6. The second-order valence-electron chi connectivity index (χ2n) is 5.58. The highest BCUT2D eigenvalue weighted by Gasteiger charge is 2.25. The van der Waals surface area contributed by atoms with E-state index in [1.165, 1.54) is 19.3 Å². The van der Waals surface area contributed by atoms with Crippen LogP contribution in [0.5, 0.6) is 0 Å². The Morgan fingerprint density at radius 1 is 1.29 bits per heavy atom. The van der Waals surface area contributed by atoms with Gasteiger partial charge in [0.1, 0.15) is 5.82 Å². The third-order valence-electron chi connectivity index (χ3n) is 4.21. The minimum atomic E-state index is 0.540. The van der Waals surface area contributed by atoms with Crippen molar-refractivity contribution in [3.8, 4) is 0 Å². The predicted octanol–water partition coefficient (Wildman–Crippen LogP) is 2.55. The van der Waals surface area contributed by atoms with E-state index in [0.29, 0.717) is 6.04 Å². The standard InChI is InChI=1S/C13H24N4/c1-8-5-6-11(7-9(8)2)15-13-12(14)10(3)16-17(13)4/h8-9,11,15H,5-7,14H2,1-4H3. The molecular weight excluding hydrogens is 212 g/mol. The summed E-state index contributed by atoms with van der Waals surface area (Å²) in [6, 6.07) is 0.540. The maximum Gasteiger partial charge on any atom is 0.147 e. The summed E-state index contributed by atoms with van der Waals surface area (Å²) in [4.78, 5) is 0. The van der Waals surface area contributed by atoms with Crippen LogP contribution in [0.4, 0.5) is 11.5 Å². The smallest absolute Gasteiger partial charge is 0.147 e. The number of aromatic nitrogens is 2. The zero-order valence-corrected chi connectivity index (χ0v) is 11.3. The molecule has 0 radical (unpaired) electrons. The normalized spacial score (nSPS) is 29.3. The van der Waals surface area contributed by atoms with E-state index in [4.69, 9.17) is 5.73 Å². The number of anilines is 2. The van der Waals surface area contributed by atoms with Gasteiger partial charge in [0, 0.05) is 13.1 Å². The summed E-state index contributed by atoms with van der Waals surface area (Å²) in [5, 5.41) is 7.90. The van der Waals surface area contributed by atoms with Crippen LogP contribution in [0.3, 0.4) is 0 Å². The molecule has 1 heterocycles. The van der Waals surface area contributed by atoms with E-state index in [1.54, 1.807) is 0 Å². The van der Waals surface area contributed by atoms with Crippen molar-refractivity contribution in [3.63, 3.8) is 0 Å². The first-order valence-corrected chi connectivity index (χ1v) is 6.54. The van der Waals surface area contributed by atoms with Crippen molar-refractivity contribution in [2.45, 2.75) is 46.1 Å². The third-order valence-corrected chi connectivity index (χ3v) is 4.21. The number of rotatable bonds is 2. The van der Waals surface area contributed by atoms with Crippen LogP contribution in [0.15, 0.2) is 0 Å². The van der Waals surface area contributed by atoms with Gasteiger partial charge in [-0.2, -0.15) is 5.10 Å². The molecule has 0 amide bonds. The van der Waals surface area contributed by atoms with Crippen LogP contribution in [0.2, 0.25) is 0 Å². The second kappa shape index (κ2) is 4.59. The maximum atomic E-state index is 6.04. The molecule has 4 nitrogen and oxygen atoms in total. The van der Waals surface area contributed by atoms with Gasteiger partial charge in [0.15, 0.2) is 0 Å². The highest BCUT2D eigenvalue weighted by atomic mass is 15.3. The van der Waals surface area contributed by atoms with E-state index in [1.807, 2.05) is 18.7 Å². The van der Waals surface area contributed by atoms with Crippen molar-refractivity contribution in [3.05, 3.63) is 5.69 Å². The van der Waals surface area contributed by atoms with Gasteiger partial charge < -0.3 is 11.1 Å². The maximum absolute atomic E-state index is 6.04. The highest BCUT2D eigenvalue weighted by Crippen LogP contribution is 2.32. The Bertz CT molecular complexity index is 396. The number of hydrogen-bond donors (Lipinski definition) is 2. The van der Waals surface area contributed by atoms with E-state index in [2.05, 4.69) is 24.3 Å². The summed E-state index contributed by atoms with van der Waals surface area (Å²) in [5.74, 6) is 2.62. The fourth-order valence-corrected chi connectivity index (χ4v) is 2.72. The number of aryl methyl sites for hydroxylation is 2. The lowest BCUT2D eigenvalue weighted by molar-refractivity contribution is 0.260. The molecule has 1 saturated carbocycles. The second-order valence-corrected chi connectivity index (χ2v) is 5.58. The number of nitrogen functional groups attached to an aromatic ring is 1. The number of nitrogens with zero attached hydrogens (tertiary/aromatic N) is 2. The van der Waals surface area contributed by atoms with Gasteiger partial charge >= 0.3 is 0 Å². The molecule has 17 heavy (non-hydrogen) atoms. The van der Waals surface area contributed by atoms with E-state index in [9.17, 15) is 0 Å². The van der Waals surface area contributed by atoms with Crippen LogP contribution in [-0.4, -0.2) is 15.8 Å². The van der Waals surface area contributed by atoms with Gasteiger partial charge in [-0.15, -0.1) is 0 Å². The molecular formula is C13H24N4. The molecule has 0 bridgehead atoms. The Morgan fingerprint density at radius 3 is 2.53 bits per heavy atom. The molecule has 0 aromatic carbocycles. The zero-order valence-electron chi connectivity index (χ0n) is 11.3. The monoisotopic (exact) mass is 236 g/mol. The molecule has 2 rings (SSSR count). The Balaban J connectivity index is 2.06. The van der Waals surface area contributed by atoms with Crippen LogP contribution in [-0.2, 0) is 7.05 Å². The van der Waals surface area contributed by atoms with Crippen LogP contribution in [0, 0.1) is 18.8 Å². The van der Waals surface area contributed by atoms with Gasteiger partial charge in [0.05, 0.1) is 11.4 Å². The van der Waals surface area contributed by atoms with Crippen molar-refractivity contribution in [2.75, 3.05) is 11.1 Å². The lowest BCUT2D eigenvalue weighted by Gasteiger charge is -2.33. The van der Waals surface area contributed by atoms with Gasteiger partial charge in [-0.25, -0.2) is 0 Å². The first kappa shape index (κ1) is 12.3. The first-order chi connectivity index (χ1) is 7.99. The molecule has 1 aliphatic rings. The van der Waals surface area contributed by atoms with Crippen LogP contribution in [0.25, 0.3) is 0 Å². The van der Waals surface area contributed by atoms with Gasteiger partial charge in [-0.3, -0.25) is 4.68 Å². The molecule has 3 N–H and O–H groups in total. The lowest BCUT2D eigenvalue weighted by atomic mass is 9.79. The van der Waals surface area contributed by atoms with Crippen molar-refractivity contribution < 1.29 is 0 Å². The Kier molecular flexibility index (Phi) is 3.31. The van der Waals surface area contributed by atoms with Crippen molar-refractivity contribution in [1.82, 2.24) is 9.78 Å². The van der Waals surface area contributed by atoms with Gasteiger partial charge in [0.2, 0.25) is 0 Å². The summed E-state index contributed by atoms with van der Waals surface area (Å²) in [5.41, 5.74) is 7.74. The molecule has 1 aromatic heterocycles. The summed E-state index contributed by atoms with van der Waals surface area (Å²) in [6.07, 6.45) is 3.76. The summed E-state index contributed by atoms with van der Waals surface area (Å²) >= 11 is 0. The Labute approximate surface area is 104 Å². The first-order valence-electron chi connectivity index (χ1n) is 6.54.